The molecule has 2 aromatic heterocycles. The van der Waals surface area contributed by atoms with Crippen molar-refractivity contribution >= 4 is 11.6 Å². The van der Waals surface area contributed by atoms with Crippen LogP contribution in [0.3, 0.4) is 0 Å². The van der Waals surface area contributed by atoms with Crippen LogP contribution in [0.4, 0.5) is 0 Å². The molecule has 2 heterocycles. The van der Waals surface area contributed by atoms with Crippen LogP contribution in [0, 0.1) is 0 Å². The summed E-state index contributed by atoms with van der Waals surface area (Å²) in [6, 6.07) is 14.6. The second-order valence-electron chi connectivity index (χ2n) is 6.18. The Morgan fingerprint density at radius 3 is 2.46 bits per heavy atom. The number of hydrogen-bond donors (Lipinski definition) is 0. The maximum Gasteiger partial charge on any atom is 0.0627 e. The molecule has 2 nitrogen and oxygen atoms in total. The number of aryl methyl sites for hydroxylation is 1. The van der Waals surface area contributed by atoms with Gasteiger partial charge in [-0.1, -0.05) is 56.6 Å². The van der Waals surface area contributed by atoms with Crippen LogP contribution < -0.4 is 0 Å². The number of halogens is 1. The largest absolute Gasteiger partial charge is 0.260 e. The highest BCUT2D eigenvalue weighted by molar-refractivity contribution is 6.31. The monoisotopic (exact) mass is 336 g/mol. The quantitative estimate of drug-likeness (QED) is 0.571. The van der Waals surface area contributed by atoms with Gasteiger partial charge in [0.25, 0.3) is 0 Å². The minimum atomic E-state index is 0.379. The van der Waals surface area contributed by atoms with Crippen molar-refractivity contribution in [1.29, 1.82) is 0 Å². The van der Waals surface area contributed by atoms with Gasteiger partial charge in [-0.15, -0.1) is 0 Å². The van der Waals surface area contributed by atoms with Crippen LogP contribution in [0.15, 0.2) is 54.9 Å². The van der Waals surface area contributed by atoms with Gasteiger partial charge in [-0.05, 0) is 41.7 Å². The molecule has 3 heteroatoms. The molecule has 0 spiro atoms. The average molecular weight is 337 g/mol. The summed E-state index contributed by atoms with van der Waals surface area (Å²) in [4.78, 5) is 9.04. The first-order valence-electron chi connectivity index (χ1n) is 8.30. The first kappa shape index (κ1) is 16.7. The summed E-state index contributed by atoms with van der Waals surface area (Å²) in [5.41, 5.74) is 6.55. The molecule has 0 bridgehead atoms. The van der Waals surface area contributed by atoms with Gasteiger partial charge in [0.2, 0.25) is 0 Å². The summed E-state index contributed by atoms with van der Waals surface area (Å²) in [7, 11) is 0. The Hall–Kier alpha value is -2.19. The van der Waals surface area contributed by atoms with E-state index in [9.17, 15) is 0 Å². The zero-order chi connectivity index (χ0) is 17.1. The van der Waals surface area contributed by atoms with E-state index in [-0.39, 0.29) is 0 Å². The Bertz CT molecular complexity index is 856. The Labute approximate surface area is 148 Å². The second kappa shape index (κ2) is 7.14. The molecule has 0 amide bonds. The molecule has 0 aliphatic heterocycles. The average Bonchev–Trinajstić information content (AvgIpc) is 2.61. The van der Waals surface area contributed by atoms with Crippen molar-refractivity contribution in [2.75, 3.05) is 0 Å². The second-order valence-corrected chi connectivity index (χ2v) is 6.58. The van der Waals surface area contributed by atoms with E-state index >= 15 is 0 Å². The highest BCUT2D eigenvalue weighted by Gasteiger charge is 2.11. The minimum absolute atomic E-state index is 0.379. The highest BCUT2D eigenvalue weighted by Crippen LogP contribution is 2.31. The van der Waals surface area contributed by atoms with E-state index in [0.717, 1.165) is 34.0 Å². The van der Waals surface area contributed by atoms with Crippen molar-refractivity contribution in [3.63, 3.8) is 0 Å². The molecular formula is C21H21ClN2. The molecule has 1 aromatic carbocycles. The molecule has 0 saturated carbocycles. The molecule has 0 aliphatic carbocycles. The van der Waals surface area contributed by atoms with Gasteiger partial charge in [0.05, 0.1) is 16.4 Å². The van der Waals surface area contributed by atoms with Gasteiger partial charge < -0.3 is 0 Å². The zero-order valence-electron chi connectivity index (χ0n) is 14.3. The maximum atomic E-state index is 6.33. The summed E-state index contributed by atoms with van der Waals surface area (Å²) < 4.78 is 0. The Kier molecular flexibility index (Phi) is 4.96. The lowest BCUT2D eigenvalue weighted by atomic mass is 9.95. The Morgan fingerprint density at radius 2 is 1.75 bits per heavy atom. The number of aromatic nitrogens is 2. The fourth-order valence-corrected chi connectivity index (χ4v) is 3.17. The fraction of sp³-hybridized carbons (Fsp3) is 0.238. The molecule has 3 rings (SSSR count). The van der Waals surface area contributed by atoms with E-state index in [0.29, 0.717) is 5.92 Å². The number of benzene rings is 1. The molecule has 0 N–H and O–H groups in total. The van der Waals surface area contributed by atoms with Crippen LogP contribution in [0.2, 0.25) is 5.02 Å². The van der Waals surface area contributed by atoms with Crippen molar-refractivity contribution in [2.24, 2.45) is 0 Å². The van der Waals surface area contributed by atoms with E-state index < -0.39 is 0 Å². The van der Waals surface area contributed by atoms with Crippen LogP contribution in [0.25, 0.3) is 22.3 Å². The summed E-state index contributed by atoms with van der Waals surface area (Å²) >= 11 is 6.33. The van der Waals surface area contributed by atoms with E-state index in [4.69, 9.17) is 11.6 Å². The lowest BCUT2D eigenvalue weighted by Gasteiger charge is -2.13. The SMILES string of the molecule is CCc1ncc(-c2cccc(-c3cccnc3C(C)C)c2)cc1Cl. The third-order valence-corrected chi connectivity index (χ3v) is 4.47. The van der Waals surface area contributed by atoms with Crippen molar-refractivity contribution in [3.05, 3.63) is 71.3 Å². The number of pyridine rings is 2. The standard InChI is InChI=1S/C21H21ClN2/c1-4-20-19(22)12-17(13-24-20)15-7-5-8-16(11-15)18-9-6-10-23-21(18)14(2)3/h5-14H,4H2,1-3H3. The maximum absolute atomic E-state index is 6.33. The Morgan fingerprint density at radius 1 is 0.958 bits per heavy atom. The summed E-state index contributed by atoms with van der Waals surface area (Å²) in [5, 5.41) is 0.727. The van der Waals surface area contributed by atoms with E-state index in [1.165, 1.54) is 11.1 Å². The lowest BCUT2D eigenvalue weighted by molar-refractivity contribution is 0.826. The molecule has 0 aliphatic rings. The van der Waals surface area contributed by atoms with Gasteiger partial charge >= 0.3 is 0 Å². The van der Waals surface area contributed by atoms with Crippen LogP contribution in [0.5, 0.6) is 0 Å². The number of nitrogens with zero attached hydrogens (tertiary/aromatic N) is 2. The van der Waals surface area contributed by atoms with Crippen molar-refractivity contribution in [2.45, 2.75) is 33.1 Å². The molecule has 0 atom stereocenters. The van der Waals surface area contributed by atoms with Gasteiger partial charge in [-0.3, -0.25) is 9.97 Å². The molecule has 0 radical (unpaired) electrons. The molecule has 0 unspecified atom stereocenters. The smallest absolute Gasteiger partial charge is 0.0627 e. The molecule has 24 heavy (non-hydrogen) atoms. The van der Waals surface area contributed by atoms with Crippen molar-refractivity contribution < 1.29 is 0 Å². The van der Waals surface area contributed by atoms with Crippen LogP contribution in [-0.4, -0.2) is 9.97 Å². The van der Waals surface area contributed by atoms with Crippen molar-refractivity contribution in [3.8, 4) is 22.3 Å². The molecular weight excluding hydrogens is 316 g/mol. The predicted molar refractivity (Wildman–Crippen MR) is 101 cm³/mol. The summed E-state index contributed by atoms with van der Waals surface area (Å²) in [6.45, 7) is 6.40. The highest BCUT2D eigenvalue weighted by atomic mass is 35.5. The van der Waals surface area contributed by atoms with Crippen LogP contribution in [0.1, 0.15) is 38.1 Å². The number of rotatable bonds is 4. The molecule has 122 valence electrons. The Balaban J connectivity index is 2.06. The predicted octanol–water partition coefficient (Wildman–Crippen LogP) is 6.15. The van der Waals surface area contributed by atoms with Crippen molar-refractivity contribution in [1.82, 2.24) is 9.97 Å². The van der Waals surface area contributed by atoms with Crippen LogP contribution >= 0.6 is 11.6 Å². The van der Waals surface area contributed by atoms with Gasteiger partial charge in [-0.2, -0.15) is 0 Å². The lowest BCUT2D eigenvalue weighted by Crippen LogP contribution is -1.96. The van der Waals surface area contributed by atoms with E-state index in [1.54, 1.807) is 0 Å². The van der Waals surface area contributed by atoms with Gasteiger partial charge in [0.15, 0.2) is 0 Å². The van der Waals surface area contributed by atoms with Gasteiger partial charge in [0.1, 0.15) is 0 Å². The summed E-state index contributed by atoms with van der Waals surface area (Å²) in [6.07, 6.45) is 4.60. The fourth-order valence-electron chi connectivity index (χ4n) is 2.87. The van der Waals surface area contributed by atoms with E-state index in [2.05, 4.69) is 61.1 Å². The zero-order valence-corrected chi connectivity index (χ0v) is 15.0. The topological polar surface area (TPSA) is 25.8 Å². The van der Waals surface area contributed by atoms with Gasteiger partial charge in [0, 0.05) is 23.5 Å². The number of hydrogen-bond acceptors (Lipinski definition) is 2. The molecule has 0 fully saturated rings. The minimum Gasteiger partial charge on any atom is -0.260 e. The normalized spacial score (nSPS) is 11.0. The van der Waals surface area contributed by atoms with Gasteiger partial charge in [-0.25, -0.2) is 0 Å². The first-order chi connectivity index (χ1) is 11.6. The van der Waals surface area contributed by atoms with E-state index in [1.807, 2.05) is 24.5 Å². The van der Waals surface area contributed by atoms with Crippen LogP contribution in [-0.2, 0) is 6.42 Å². The summed E-state index contributed by atoms with van der Waals surface area (Å²) in [5.74, 6) is 0.379. The third kappa shape index (κ3) is 3.34. The third-order valence-electron chi connectivity index (χ3n) is 4.14. The first-order valence-corrected chi connectivity index (χ1v) is 8.68. The molecule has 3 aromatic rings. The molecule has 0 saturated heterocycles.